The average molecular weight is 505 g/mol. The highest BCUT2D eigenvalue weighted by Crippen LogP contribution is 2.31. The molecule has 5 rings (SSSR count). The Morgan fingerprint density at radius 3 is 2.74 bits per heavy atom. The zero-order chi connectivity index (χ0) is 26.6. The van der Waals surface area contributed by atoms with Crippen molar-refractivity contribution in [3.63, 3.8) is 0 Å². The van der Waals surface area contributed by atoms with Crippen LogP contribution in [0.2, 0.25) is 0 Å². The van der Waals surface area contributed by atoms with E-state index in [1.807, 2.05) is 57.2 Å². The fourth-order valence-corrected chi connectivity index (χ4v) is 4.25. The monoisotopic (exact) mass is 504 g/mol. The third-order valence-corrected chi connectivity index (χ3v) is 5.96. The first-order chi connectivity index (χ1) is 18.4. The SMILES string of the molecule is C=C/C=C(/c1ccccn1)c1nc(-c2[nH]nc3ncc(-c4cncc(NC(=O)CC(C)C)c4)cc23)[nH]c1C. The fourth-order valence-electron chi connectivity index (χ4n) is 4.25. The standard InChI is InChI=1S/C29H28N8O/c1-5-8-22(24-9-6-7-10-31-24)26-18(4)33-29(35-26)27-23-13-20(15-32-28(23)37-36-27)19-12-21(16-30-14-19)34-25(38)11-17(2)3/h5-10,12-17H,1,11H2,2-4H3,(H,33,35)(H,34,38)(H,32,36,37)/b22-8-. The molecule has 190 valence electrons. The largest absolute Gasteiger partial charge is 0.340 e. The Morgan fingerprint density at radius 2 is 1.97 bits per heavy atom. The van der Waals surface area contributed by atoms with Gasteiger partial charge in [-0.1, -0.05) is 38.6 Å². The molecular weight excluding hydrogens is 476 g/mol. The summed E-state index contributed by atoms with van der Waals surface area (Å²) in [7, 11) is 0. The van der Waals surface area contributed by atoms with Crippen LogP contribution in [0.3, 0.4) is 0 Å². The number of hydrogen-bond acceptors (Lipinski definition) is 6. The van der Waals surface area contributed by atoms with Crippen molar-refractivity contribution in [2.24, 2.45) is 5.92 Å². The third-order valence-electron chi connectivity index (χ3n) is 5.96. The lowest BCUT2D eigenvalue weighted by atomic mass is 10.1. The van der Waals surface area contributed by atoms with E-state index < -0.39 is 0 Å². The highest BCUT2D eigenvalue weighted by Gasteiger charge is 2.18. The molecule has 0 radical (unpaired) electrons. The Morgan fingerprint density at radius 1 is 1.13 bits per heavy atom. The Balaban J connectivity index is 1.51. The number of anilines is 1. The molecule has 0 atom stereocenters. The molecule has 5 aromatic heterocycles. The Bertz CT molecular complexity index is 1650. The predicted molar refractivity (Wildman–Crippen MR) is 149 cm³/mol. The van der Waals surface area contributed by atoms with E-state index in [0.717, 1.165) is 44.9 Å². The lowest BCUT2D eigenvalue weighted by Gasteiger charge is -2.08. The second-order valence-corrected chi connectivity index (χ2v) is 9.39. The summed E-state index contributed by atoms with van der Waals surface area (Å²) < 4.78 is 0. The number of nitrogens with zero attached hydrogens (tertiary/aromatic N) is 5. The van der Waals surface area contributed by atoms with Gasteiger partial charge in [0.25, 0.3) is 0 Å². The third kappa shape index (κ3) is 5.12. The second kappa shape index (κ2) is 10.6. The Kier molecular flexibility index (Phi) is 6.90. The highest BCUT2D eigenvalue weighted by molar-refractivity contribution is 5.94. The maximum absolute atomic E-state index is 12.2. The van der Waals surface area contributed by atoms with Crippen molar-refractivity contribution in [1.82, 2.24) is 35.1 Å². The Labute approximate surface area is 220 Å². The molecule has 0 aliphatic carbocycles. The van der Waals surface area contributed by atoms with Crippen molar-refractivity contribution >= 4 is 28.2 Å². The topological polar surface area (TPSA) is 125 Å². The molecular formula is C29H28N8O. The van der Waals surface area contributed by atoms with Crippen molar-refractivity contribution in [2.45, 2.75) is 27.2 Å². The lowest BCUT2D eigenvalue weighted by molar-refractivity contribution is -0.116. The number of rotatable bonds is 8. The summed E-state index contributed by atoms with van der Waals surface area (Å²) in [5.74, 6) is 0.872. The van der Waals surface area contributed by atoms with Gasteiger partial charge in [-0.05, 0) is 37.1 Å². The molecule has 3 N–H and O–H groups in total. The van der Waals surface area contributed by atoms with Crippen molar-refractivity contribution in [3.05, 3.63) is 90.9 Å². The molecule has 0 aromatic carbocycles. The van der Waals surface area contributed by atoms with E-state index in [1.54, 1.807) is 30.9 Å². The molecule has 0 aliphatic rings. The minimum atomic E-state index is -0.0378. The smallest absolute Gasteiger partial charge is 0.224 e. The normalized spacial score (nSPS) is 11.7. The van der Waals surface area contributed by atoms with Gasteiger partial charge in [0.1, 0.15) is 5.69 Å². The number of amides is 1. The first-order valence-corrected chi connectivity index (χ1v) is 12.3. The number of fused-ring (bicyclic) bond motifs is 1. The van der Waals surface area contributed by atoms with Gasteiger partial charge in [-0.3, -0.25) is 19.9 Å². The van der Waals surface area contributed by atoms with Crippen molar-refractivity contribution in [1.29, 1.82) is 0 Å². The van der Waals surface area contributed by atoms with Crippen LogP contribution in [0.4, 0.5) is 5.69 Å². The second-order valence-electron chi connectivity index (χ2n) is 9.39. The number of imidazole rings is 1. The number of H-pyrrole nitrogens is 2. The van der Waals surface area contributed by atoms with Gasteiger partial charge >= 0.3 is 0 Å². The summed E-state index contributed by atoms with van der Waals surface area (Å²) >= 11 is 0. The molecule has 38 heavy (non-hydrogen) atoms. The number of pyridine rings is 3. The number of carbonyl (C=O) groups is 1. The Hall–Kier alpha value is -4.92. The molecule has 0 saturated carbocycles. The summed E-state index contributed by atoms with van der Waals surface area (Å²) in [6.45, 7) is 9.85. The maximum Gasteiger partial charge on any atom is 0.224 e. The average Bonchev–Trinajstić information content (AvgIpc) is 3.50. The van der Waals surface area contributed by atoms with Gasteiger partial charge in [0.05, 0.1) is 28.7 Å². The van der Waals surface area contributed by atoms with Crippen LogP contribution in [-0.2, 0) is 4.79 Å². The number of nitrogens with one attached hydrogen (secondary N) is 3. The van der Waals surface area contributed by atoms with Gasteiger partial charge in [-0.25, -0.2) is 9.97 Å². The molecule has 0 aliphatic heterocycles. The van der Waals surface area contributed by atoms with Gasteiger partial charge in [0.15, 0.2) is 11.5 Å². The van der Waals surface area contributed by atoms with E-state index in [9.17, 15) is 4.79 Å². The van der Waals surface area contributed by atoms with Gasteiger partial charge in [0.2, 0.25) is 5.91 Å². The maximum atomic E-state index is 12.2. The molecule has 0 unspecified atom stereocenters. The highest BCUT2D eigenvalue weighted by atomic mass is 16.1. The summed E-state index contributed by atoms with van der Waals surface area (Å²) in [6.07, 6.45) is 11.0. The first-order valence-electron chi connectivity index (χ1n) is 12.3. The van der Waals surface area contributed by atoms with E-state index in [-0.39, 0.29) is 11.8 Å². The van der Waals surface area contributed by atoms with Crippen LogP contribution in [0.1, 0.15) is 37.4 Å². The molecule has 1 amide bonds. The van der Waals surface area contributed by atoms with Crippen LogP contribution in [0.5, 0.6) is 0 Å². The van der Waals surface area contributed by atoms with Crippen molar-refractivity contribution in [3.8, 4) is 22.6 Å². The number of hydrogen-bond donors (Lipinski definition) is 3. The number of aromatic nitrogens is 7. The molecule has 9 heteroatoms. The minimum absolute atomic E-state index is 0.0378. The van der Waals surface area contributed by atoms with Crippen molar-refractivity contribution in [2.75, 3.05) is 5.32 Å². The molecule has 0 spiro atoms. The lowest BCUT2D eigenvalue weighted by Crippen LogP contribution is -2.13. The van der Waals surface area contributed by atoms with E-state index in [2.05, 4.69) is 42.0 Å². The van der Waals surface area contributed by atoms with Crippen LogP contribution in [0.15, 0.2) is 73.9 Å². The molecule has 0 fully saturated rings. The van der Waals surface area contributed by atoms with Gasteiger partial charge < -0.3 is 10.3 Å². The first kappa shape index (κ1) is 24.8. The van der Waals surface area contributed by atoms with Gasteiger partial charge in [-0.2, -0.15) is 5.10 Å². The zero-order valence-corrected chi connectivity index (χ0v) is 21.5. The van der Waals surface area contributed by atoms with E-state index >= 15 is 0 Å². The van der Waals surface area contributed by atoms with Crippen LogP contribution < -0.4 is 5.32 Å². The van der Waals surface area contributed by atoms with E-state index in [0.29, 0.717) is 23.6 Å². The predicted octanol–water partition coefficient (Wildman–Crippen LogP) is 5.72. The van der Waals surface area contributed by atoms with Crippen molar-refractivity contribution < 1.29 is 4.79 Å². The molecule has 5 heterocycles. The van der Waals surface area contributed by atoms with Crippen LogP contribution in [0, 0.1) is 12.8 Å². The van der Waals surface area contributed by atoms with Gasteiger partial charge in [0, 0.05) is 47.4 Å². The molecule has 9 nitrogen and oxygen atoms in total. The fraction of sp³-hybridized carbons (Fsp3) is 0.172. The molecule has 5 aromatic rings. The van der Waals surface area contributed by atoms with Crippen LogP contribution in [-0.4, -0.2) is 41.0 Å². The molecule has 0 saturated heterocycles. The quantitative estimate of drug-likeness (QED) is 0.232. The molecule has 0 bridgehead atoms. The van der Waals surface area contributed by atoms with Crippen LogP contribution >= 0.6 is 0 Å². The van der Waals surface area contributed by atoms with Crippen LogP contribution in [0.25, 0.3) is 39.3 Å². The number of aromatic amines is 2. The summed E-state index contributed by atoms with van der Waals surface area (Å²) in [5.41, 5.74) is 6.94. The number of carbonyl (C=O) groups excluding carboxylic acids is 1. The summed E-state index contributed by atoms with van der Waals surface area (Å²) in [5, 5.41) is 11.2. The summed E-state index contributed by atoms with van der Waals surface area (Å²) in [6, 6.07) is 9.65. The van der Waals surface area contributed by atoms with E-state index in [1.165, 1.54) is 0 Å². The summed E-state index contributed by atoms with van der Waals surface area (Å²) in [4.78, 5) is 33.9. The zero-order valence-electron chi connectivity index (χ0n) is 21.5. The van der Waals surface area contributed by atoms with Gasteiger partial charge in [-0.15, -0.1) is 0 Å². The number of allylic oxidation sites excluding steroid dienone is 2. The number of aryl methyl sites for hydroxylation is 1. The minimum Gasteiger partial charge on any atom is -0.340 e. The van der Waals surface area contributed by atoms with E-state index in [4.69, 9.17) is 4.98 Å².